The Balaban J connectivity index is 1.60. The summed E-state index contributed by atoms with van der Waals surface area (Å²) >= 11 is 0. The molecule has 2 saturated heterocycles. The van der Waals surface area contributed by atoms with Crippen LogP contribution < -0.4 is 19.6 Å². The summed E-state index contributed by atoms with van der Waals surface area (Å²) in [5.41, 5.74) is -5.63. The van der Waals surface area contributed by atoms with Crippen LogP contribution in [0.4, 0.5) is 18.0 Å². The Morgan fingerprint density at radius 1 is 1.30 bits per heavy atom. The van der Waals surface area contributed by atoms with E-state index in [0.29, 0.717) is 19.8 Å². The first-order chi connectivity index (χ1) is 12.6. The third kappa shape index (κ3) is 4.42. The van der Waals surface area contributed by atoms with E-state index in [-0.39, 0.29) is 11.3 Å². The van der Waals surface area contributed by atoms with Gasteiger partial charge in [-0.15, -0.1) is 0 Å². The topological polar surface area (TPSA) is 110 Å². The van der Waals surface area contributed by atoms with E-state index in [2.05, 4.69) is 19.8 Å². The van der Waals surface area contributed by atoms with Crippen LogP contribution in [0.25, 0.3) is 0 Å². The summed E-state index contributed by atoms with van der Waals surface area (Å²) in [7, 11) is -5.86. The number of nitrogens with zero attached hydrogens (tertiary/aromatic N) is 2. The largest absolute Gasteiger partial charge is 0.534 e. The molecule has 0 unspecified atom stereocenters. The Labute approximate surface area is 153 Å². The molecule has 0 atom stereocenters. The van der Waals surface area contributed by atoms with Crippen LogP contribution in [0.3, 0.4) is 0 Å². The predicted molar refractivity (Wildman–Crippen MR) is 85.4 cm³/mol. The third-order valence-electron chi connectivity index (χ3n) is 4.42. The van der Waals surface area contributed by atoms with Crippen molar-refractivity contribution in [2.45, 2.75) is 23.9 Å². The number of ether oxygens (including phenoxy) is 1. The highest BCUT2D eigenvalue weighted by Crippen LogP contribution is 2.28. The number of carbonyl (C=O) groups is 1. The fourth-order valence-corrected chi connectivity index (χ4v) is 3.32. The molecule has 1 spiro atoms. The zero-order valence-electron chi connectivity index (χ0n) is 14.0. The Hall–Kier alpha value is -2.12. The number of nitrogens with one attached hydrogen (secondary N) is 2. The van der Waals surface area contributed by atoms with Gasteiger partial charge >= 0.3 is 21.7 Å². The molecular formula is C14H17F3N4O5S. The number of carbonyl (C=O) groups excluding carboxylic acids is 1. The zero-order chi connectivity index (χ0) is 19.7. The van der Waals surface area contributed by atoms with E-state index in [1.165, 1.54) is 11.0 Å². The molecule has 2 fully saturated rings. The van der Waals surface area contributed by atoms with Crippen LogP contribution in [0.15, 0.2) is 18.3 Å². The molecule has 0 bridgehead atoms. The Morgan fingerprint density at radius 3 is 2.59 bits per heavy atom. The van der Waals surface area contributed by atoms with E-state index in [0.717, 1.165) is 31.6 Å². The molecule has 2 aliphatic heterocycles. The first-order valence-electron chi connectivity index (χ1n) is 8.00. The average molecular weight is 410 g/mol. The molecular weight excluding hydrogens is 393 g/mol. The standard InChI is InChI=1S/C14H17F3N4O5S/c15-14(16,17)27(23,24)26-11-7-10(1-4-19-11)25-12(22)21-5-2-13(3-6-21)8-18-9-20-13/h1,4,7,18,20H,2-3,5-6,8-9H2. The highest BCUT2D eigenvalue weighted by Gasteiger charge is 2.49. The van der Waals surface area contributed by atoms with Crippen LogP contribution in [0.1, 0.15) is 12.8 Å². The molecule has 150 valence electrons. The van der Waals surface area contributed by atoms with E-state index >= 15 is 0 Å². The van der Waals surface area contributed by atoms with Crippen molar-refractivity contribution < 1.29 is 35.3 Å². The van der Waals surface area contributed by atoms with Gasteiger partial charge in [0.1, 0.15) is 5.75 Å². The minimum atomic E-state index is -5.86. The first kappa shape index (κ1) is 19.6. The molecule has 0 saturated carbocycles. The molecule has 9 nitrogen and oxygen atoms in total. The van der Waals surface area contributed by atoms with Crippen LogP contribution in [-0.4, -0.2) is 61.7 Å². The Morgan fingerprint density at radius 2 is 2.00 bits per heavy atom. The lowest BCUT2D eigenvalue weighted by Crippen LogP contribution is -2.53. The van der Waals surface area contributed by atoms with E-state index < -0.39 is 27.6 Å². The molecule has 1 aromatic heterocycles. The lowest BCUT2D eigenvalue weighted by molar-refractivity contribution is -0.0501. The summed E-state index contributed by atoms with van der Waals surface area (Å²) in [5.74, 6) is -1.03. The zero-order valence-corrected chi connectivity index (χ0v) is 14.8. The molecule has 1 aromatic rings. The summed E-state index contributed by atoms with van der Waals surface area (Å²) in [6, 6.07) is 2.01. The lowest BCUT2D eigenvalue weighted by atomic mass is 9.89. The Bertz CT molecular complexity index is 801. The predicted octanol–water partition coefficient (Wildman–Crippen LogP) is 0.794. The van der Waals surface area contributed by atoms with Gasteiger partial charge in [0.05, 0.1) is 0 Å². The van der Waals surface area contributed by atoms with Crippen molar-refractivity contribution in [2.24, 2.45) is 0 Å². The average Bonchev–Trinajstić information content (AvgIpc) is 3.02. The summed E-state index contributed by atoms with van der Waals surface area (Å²) in [4.78, 5) is 17.1. The number of hydrogen-bond donors (Lipinski definition) is 2. The highest BCUT2D eigenvalue weighted by molar-refractivity contribution is 7.87. The van der Waals surface area contributed by atoms with Crippen molar-refractivity contribution in [1.29, 1.82) is 0 Å². The summed E-state index contributed by atoms with van der Waals surface area (Å²) in [5, 5.41) is 6.57. The maximum atomic E-state index is 12.4. The van der Waals surface area contributed by atoms with Gasteiger partial charge in [-0.05, 0) is 18.9 Å². The van der Waals surface area contributed by atoms with E-state index in [4.69, 9.17) is 4.74 Å². The van der Waals surface area contributed by atoms with Gasteiger partial charge in [0.25, 0.3) is 0 Å². The molecule has 2 aliphatic rings. The number of halogens is 3. The molecule has 0 radical (unpaired) electrons. The monoisotopic (exact) mass is 410 g/mol. The van der Waals surface area contributed by atoms with Crippen molar-refractivity contribution >= 4 is 16.2 Å². The van der Waals surface area contributed by atoms with Crippen molar-refractivity contribution in [3.8, 4) is 11.6 Å². The first-order valence-corrected chi connectivity index (χ1v) is 9.40. The summed E-state index contributed by atoms with van der Waals surface area (Å²) in [6.07, 6.45) is 1.74. The van der Waals surface area contributed by atoms with Gasteiger partial charge in [-0.2, -0.15) is 21.6 Å². The minimum Gasteiger partial charge on any atom is -0.410 e. The highest BCUT2D eigenvalue weighted by atomic mass is 32.2. The van der Waals surface area contributed by atoms with E-state index in [1.807, 2.05) is 0 Å². The molecule has 3 heterocycles. The number of likely N-dealkylation sites (tertiary alicyclic amines) is 1. The second kappa shape index (κ2) is 7.13. The van der Waals surface area contributed by atoms with Crippen molar-refractivity contribution in [2.75, 3.05) is 26.3 Å². The summed E-state index contributed by atoms with van der Waals surface area (Å²) in [6.45, 7) is 2.43. The smallest absolute Gasteiger partial charge is 0.410 e. The van der Waals surface area contributed by atoms with Gasteiger partial charge in [0.15, 0.2) is 0 Å². The fourth-order valence-electron chi connectivity index (χ4n) is 2.91. The summed E-state index contributed by atoms with van der Waals surface area (Å²) < 4.78 is 68.1. The number of pyridine rings is 1. The van der Waals surface area contributed by atoms with Crippen LogP contribution in [0, 0.1) is 0 Å². The van der Waals surface area contributed by atoms with Gasteiger partial charge in [0.2, 0.25) is 5.88 Å². The molecule has 2 N–H and O–H groups in total. The third-order valence-corrected chi connectivity index (χ3v) is 5.38. The molecule has 0 aliphatic carbocycles. The van der Waals surface area contributed by atoms with Crippen LogP contribution >= 0.6 is 0 Å². The number of rotatable bonds is 3. The Kier molecular flexibility index (Phi) is 5.18. The van der Waals surface area contributed by atoms with Crippen molar-refractivity contribution in [1.82, 2.24) is 20.5 Å². The van der Waals surface area contributed by atoms with Crippen LogP contribution in [-0.2, 0) is 10.1 Å². The lowest BCUT2D eigenvalue weighted by Gasteiger charge is -2.38. The quantitative estimate of drug-likeness (QED) is 0.556. The second-order valence-electron chi connectivity index (χ2n) is 6.23. The van der Waals surface area contributed by atoms with Crippen molar-refractivity contribution in [3.05, 3.63) is 18.3 Å². The van der Waals surface area contributed by atoms with Gasteiger partial charge in [-0.25, -0.2) is 9.78 Å². The number of hydrogen-bond acceptors (Lipinski definition) is 8. The number of amides is 1. The van der Waals surface area contributed by atoms with Gasteiger partial charge < -0.3 is 19.1 Å². The van der Waals surface area contributed by atoms with E-state index in [9.17, 15) is 26.4 Å². The molecule has 13 heteroatoms. The number of piperidine rings is 1. The van der Waals surface area contributed by atoms with Crippen LogP contribution in [0.5, 0.6) is 11.6 Å². The molecule has 3 rings (SSSR count). The van der Waals surface area contributed by atoms with E-state index in [1.54, 1.807) is 0 Å². The SMILES string of the molecule is O=C(Oc1ccnc(OS(=O)(=O)C(F)(F)F)c1)N1CCC2(CC1)CNCN2. The molecule has 0 aromatic carbocycles. The fraction of sp³-hybridized carbons (Fsp3) is 0.571. The molecule has 1 amide bonds. The van der Waals surface area contributed by atoms with Crippen LogP contribution in [0.2, 0.25) is 0 Å². The maximum Gasteiger partial charge on any atom is 0.534 e. The number of aromatic nitrogens is 1. The van der Waals surface area contributed by atoms with Gasteiger partial charge in [-0.3, -0.25) is 5.32 Å². The molecule has 27 heavy (non-hydrogen) atoms. The number of alkyl halides is 3. The normalized spacial score (nSPS) is 19.9. The minimum absolute atomic E-state index is 0.0413. The van der Waals surface area contributed by atoms with Gasteiger partial charge in [-0.1, -0.05) is 0 Å². The maximum absolute atomic E-state index is 12.4. The van der Waals surface area contributed by atoms with Gasteiger partial charge in [0, 0.05) is 44.1 Å². The second-order valence-corrected chi connectivity index (χ2v) is 7.77. The van der Waals surface area contributed by atoms with Crippen molar-refractivity contribution in [3.63, 3.8) is 0 Å².